The maximum Gasteiger partial charge on any atom is 0.116 e. The fourth-order valence-corrected chi connectivity index (χ4v) is 5.60. The van der Waals surface area contributed by atoms with E-state index < -0.39 is 0 Å². The van der Waals surface area contributed by atoms with Gasteiger partial charge in [0.1, 0.15) is 6.33 Å². The van der Waals surface area contributed by atoms with Gasteiger partial charge in [-0.2, -0.15) is 0 Å². The molecule has 5 aromatic rings. The Balaban J connectivity index is 1.64. The lowest BCUT2D eigenvalue weighted by atomic mass is 9.82. The molecule has 5 rings (SSSR count). The van der Waals surface area contributed by atoms with Crippen LogP contribution >= 0.6 is 11.3 Å². The lowest BCUT2D eigenvalue weighted by Crippen LogP contribution is -2.12. The molecule has 3 nitrogen and oxygen atoms in total. The monoisotopic (exact) mass is 451 g/mol. The van der Waals surface area contributed by atoms with E-state index >= 15 is 0 Å². The van der Waals surface area contributed by atoms with Gasteiger partial charge >= 0.3 is 0 Å². The Morgan fingerprint density at radius 2 is 1.70 bits per heavy atom. The predicted octanol–water partition coefficient (Wildman–Crippen LogP) is 8.07. The van der Waals surface area contributed by atoms with Crippen molar-refractivity contribution in [3.63, 3.8) is 0 Å². The van der Waals surface area contributed by atoms with Crippen LogP contribution in [0.25, 0.3) is 43.4 Å². The normalized spacial score (nSPS) is 12.2. The predicted molar refractivity (Wildman–Crippen MR) is 141 cm³/mol. The average Bonchev–Trinajstić information content (AvgIpc) is 3.20. The molecule has 0 spiro atoms. The maximum atomic E-state index is 4.66. The third-order valence-electron chi connectivity index (χ3n) is 6.10. The molecule has 3 aromatic heterocycles. The Morgan fingerprint density at radius 1 is 0.909 bits per heavy atom. The molecule has 0 aliphatic heterocycles. The number of hydrogen-bond donors (Lipinski definition) is 0. The van der Waals surface area contributed by atoms with Crippen molar-refractivity contribution in [1.82, 2.24) is 15.0 Å². The number of aromatic nitrogens is 3. The van der Waals surface area contributed by atoms with Crippen molar-refractivity contribution >= 4 is 32.2 Å². The minimum Gasteiger partial charge on any atom is -0.263 e. The number of pyridine rings is 1. The van der Waals surface area contributed by atoms with Crippen molar-refractivity contribution in [3.05, 3.63) is 77.7 Å². The summed E-state index contributed by atoms with van der Waals surface area (Å²) in [6.07, 6.45) is 6.67. The molecule has 0 saturated heterocycles. The smallest absolute Gasteiger partial charge is 0.116 e. The third-order valence-corrected chi connectivity index (χ3v) is 7.18. The first kappa shape index (κ1) is 21.7. The molecule has 0 bridgehead atoms. The Labute approximate surface area is 199 Å². The van der Waals surface area contributed by atoms with Crippen LogP contribution in [0.3, 0.4) is 0 Å². The summed E-state index contributed by atoms with van der Waals surface area (Å²) in [5, 5.41) is 6.05. The highest BCUT2D eigenvalue weighted by atomic mass is 32.1. The van der Waals surface area contributed by atoms with E-state index in [9.17, 15) is 0 Å². The van der Waals surface area contributed by atoms with Gasteiger partial charge < -0.3 is 0 Å². The standard InChI is InChI=1S/C29H29N3S/c1-18(2)10-21-16-33-28-23(21)14-30-15-24(28)27-13-26(31-17-32-27)20-11-19-8-6-7-9-22(19)25(12-20)29(3,4)5/h6-9,11-18H,10H2,1-5H3. The second-order valence-electron chi connectivity index (χ2n) is 10.2. The highest BCUT2D eigenvalue weighted by Crippen LogP contribution is 2.37. The zero-order valence-electron chi connectivity index (χ0n) is 19.9. The Bertz CT molecular complexity index is 1460. The van der Waals surface area contributed by atoms with Gasteiger partial charge in [0.25, 0.3) is 0 Å². The summed E-state index contributed by atoms with van der Waals surface area (Å²) in [5.41, 5.74) is 6.79. The van der Waals surface area contributed by atoms with E-state index in [0.29, 0.717) is 5.92 Å². The van der Waals surface area contributed by atoms with Crippen molar-refractivity contribution < 1.29 is 0 Å². The fraction of sp³-hybridized carbons (Fsp3) is 0.276. The van der Waals surface area contributed by atoms with E-state index in [4.69, 9.17) is 0 Å². The number of benzene rings is 2. The van der Waals surface area contributed by atoms with Crippen LogP contribution in [-0.4, -0.2) is 15.0 Å². The van der Waals surface area contributed by atoms with Crippen LogP contribution in [0.1, 0.15) is 45.7 Å². The van der Waals surface area contributed by atoms with Crippen LogP contribution in [0.4, 0.5) is 0 Å². The molecular formula is C29H29N3S. The Kier molecular flexibility index (Phi) is 5.49. The van der Waals surface area contributed by atoms with Crippen LogP contribution in [0.2, 0.25) is 0 Å². The Hall–Kier alpha value is -3.11. The molecule has 0 fully saturated rings. The van der Waals surface area contributed by atoms with Gasteiger partial charge in [-0.15, -0.1) is 11.3 Å². The van der Waals surface area contributed by atoms with Crippen LogP contribution in [0.5, 0.6) is 0 Å². The molecule has 166 valence electrons. The van der Waals surface area contributed by atoms with Crippen LogP contribution in [0, 0.1) is 5.92 Å². The van der Waals surface area contributed by atoms with Gasteiger partial charge in [-0.05, 0) is 63.2 Å². The number of fused-ring (bicyclic) bond motifs is 2. The minimum atomic E-state index is 0.0325. The van der Waals surface area contributed by atoms with Crippen molar-refractivity contribution in [1.29, 1.82) is 0 Å². The SMILES string of the molecule is CC(C)Cc1csc2c(-c3cc(-c4cc(C(C)(C)C)c5ccccc5c4)ncn3)cncc12. The quantitative estimate of drug-likeness (QED) is 0.277. The minimum absolute atomic E-state index is 0.0325. The highest BCUT2D eigenvalue weighted by molar-refractivity contribution is 7.18. The fourth-order valence-electron chi connectivity index (χ4n) is 4.52. The summed E-state index contributed by atoms with van der Waals surface area (Å²) >= 11 is 1.79. The van der Waals surface area contributed by atoms with Gasteiger partial charge in [0.2, 0.25) is 0 Å². The molecule has 0 atom stereocenters. The summed E-state index contributed by atoms with van der Waals surface area (Å²) < 4.78 is 1.25. The van der Waals surface area contributed by atoms with E-state index in [1.165, 1.54) is 32.0 Å². The number of thiophene rings is 1. The van der Waals surface area contributed by atoms with E-state index in [0.717, 1.165) is 28.9 Å². The van der Waals surface area contributed by atoms with Crippen LogP contribution < -0.4 is 0 Å². The van der Waals surface area contributed by atoms with Crippen molar-refractivity contribution in [3.8, 4) is 22.5 Å². The molecule has 0 aliphatic carbocycles. The first-order chi connectivity index (χ1) is 15.8. The molecule has 0 N–H and O–H groups in total. The summed E-state index contributed by atoms with van der Waals surface area (Å²) in [6, 6.07) is 15.2. The third kappa shape index (κ3) is 4.16. The number of rotatable bonds is 4. The van der Waals surface area contributed by atoms with E-state index in [1.807, 2.05) is 12.4 Å². The first-order valence-electron chi connectivity index (χ1n) is 11.5. The van der Waals surface area contributed by atoms with Gasteiger partial charge in [0.15, 0.2) is 0 Å². The summed E-state index contributed by atoms with van der Waals surface area (Å²) in [4.78, 5) is 13.9. The van der Waals surface area contributed by atoms with Crippen molar-refractivity contribution in [2.45, 2.75) is 46.5 Å². The molecule has 4 heteroatoms. The summed E-state index contributed by atoms with van der Waals surface area (Å²) in [7, 11) is 0. The van der Waals surface area contributed by atoms with E-state index in [2.05, 4.69) is 97.4 Å². The molecule has 2 aromatic carbocycles. The molecule has 3 heterocycles. The molecule has 0 saturated carbocycles. The van der Waals surface area contributed by atoms with E-state index in [-0.39, 0.29) is 5.41 Å². The number of nitrogens with zero attached hydrogens (tertiary/aromatic N) is 3. The van der Waals surface area contributed by atoms with Crippen LogP contribution in [0.15, 0.2) is 66.6 Å². The summed E-state index contributed by atoms with van der Waals surface area (Å²) in [5.74, 6) is 0.613. The van der Waals surface area contributed by atoms with Gasteiger partial charge in [0, 0.05) is 33.6 Å². The van der Waals surface area contributed by atoms with Gasteiger partial charge in [-0.1, -0.05) is 58.9 Å². The van der Waals surface area contributed by atoms with Crippen LogP contribution in [-0.2, 0) is 11.8 Å². The highest BCUT2D eigenvalue weighted by Gasteiger charge is 2.19. The van der Waals surface area contributed by atoms with E-state index in [1.54, 1.807) is 17.7 Å². The zero-order chi connectivity index (χ0) is 23.2. The van der Waals surface area contributed by atoms with Gasteiger partial charge in [0.05, 0.1) is 11.4 Å². The number of hydrogen-bond acceptors (Lipinski definition) is 4. The topological polar surface area (TPSA) is 38.7 Å². The second-order valence-corrected chi connectivity index (χ2v) is 11.1. The van der Waals surface area contributed by atoms with Crippen molar-refractivity contribution in [2.24, 2.45) is 5.92 Å². The molecule has 0 amide bonds. The molecule has 0 unspecified atom stereocenters. The Morgan fingerprint density at radius 3 is 2.48 bits per heavy atom. The first-order valence-corrected chi connectivity index (χ1v) is 12.4. The summed E-state index contributed by atoms with van der Waals surface area (Å²) in [6.45, 7) is 11.3. The largest absolute Gasteiger partial charge is 0.263 e. The molecule has 0 radical (unpaired) electrons. The zero-order valence-corrected chi connectivity index (χ0v) is 20.7. The molecule has 0 aliphatic rings. The lowest BCUT2D eigenvalue weighted by molar-refractivity contribution is 0.596. The average molecular weight is 452 g/mol. The maximum absolute atomic E-state index is 4.66. The molecule has 33 heavy (non-hydrogen) atoms. The molecular weight excluding hydrogens is 422 g/mol. The second kappa shape index (κ2) is 8.35. The van der Waals surface area contributed by atoms with Gasteiger partial charge in [-0.3, -0.25) is 4.98 Å². The lowest BCUT2D eigenvalue weighted by Gasteiger charge is -2.22. The van der Waals surface area contributed by atoms with Gasteiger partial charge in [-0.25, -0.2) is 9.97 Å². The van der Waals surface area contributed by atoms with Crippen molar-refractivity contribution in [2.75, 3.05) is 0 Å².